The summed E-state index contributed by atoms with van der Waals surface area (Å²) in [7, 11) is 0. The van der Waals surface area contributed by atoms with Gasteiger partial charge in [0.05, 0.1) is 24.6 Å². The van der Waals surface area contributed by atoms with Crippen LogP contribution in [-0.2, 0) is 0 Å². The standard InChI is InChI=1S/C22H26N4O2/c27-17-10-13-25(15-17)12-2-14-28-18-7-5-16(6-8-18)22-19-3-1-4-20(19)24-21-9-11-23-26(21)22/h5-9,11,17,27H,1-4,10,12-15H2/p+1. The summed E-state index contributed by atoms with van der Waals surface area (Å²) in [5.41, 5.74) is 5.06. The molecule has 3 aliphatic heterocycles. The molecule has 1 aromatic carbocycles. The van der Waals surface area contributed by atoms with E-state index in [1.54, 1.807) is 0 Å². The summed E-state index contributed by atoms with van der Waals surface area (Å²) in [5.74, 6) is 1.91. The van der Waals surface area contributed by atoms with Crippen LogP contribution in [-0.4, -0.2) is 54.3 Å². The van der Waals surface area contributed by atoms with Crippen LogP contribution in [0.25, 0.3) is 5.70 Å². The van der Waals surface area contributed by atoms with E-state index in [0.717, 1.165) is 61.9 Å². The van der Waals surface area contributed by atoms with Gasteiger partial charge >= 0.3 is 0 Å². The number of aliphatic hydroxyl groups is 1. The average molecular weight is 379 g/mol. The number of rotatable bonds is 6. The molecule has 5 rings (SSSR count). The van der Waals surface area contributed by atoms with Gasteiger partial charge < -0.3 is 14.7 Å². The molecule has 0 spiro atoms. The Balaban J connectivity index is 1.23. The molecule has 1 aliphatic carbocycles. The Morgan fingerprint density at radius 2 is 2.11 bits per heavy atom. The fourth-order valence-electron chi connectivity index (χ4n) is 4.54. The number of allylic oxidation sites excluding steroid dienone is 2. The van der Waals surface area contributed by atoms with Crippen molar-refractivity contribution in [3.63, 3.8) is 0 Å². The predicted molar refractivity (Wildman–Crippen MR) is 109 cm³/mol. The molecule has 3 heterocycles. The largest absolute Gasteiger partial charge is 0.494 e. The number of ether oxygens (including phenoxy) is 1. The molecule has 1 aromatic rings. The highest BCUT2D eigenvalue weighted by molar-refractivity contribution is 6.08. The number of nitrogens with zero attached hydrogens (tertiary/aromatic N) is 3. The van der Waals surface area contributed by atoms with Crippen molar-refractivity contribution in [2.75, 3.05) is 26.2 Å². The lowest BCUT2D eigenvalue weighted by molar-refractivity contribution is -0.788. The molecule has 2 atom stereocenters. The first kappa shape index (κ1) is 17.8. The number of fused-ring (bicyclic) bond motifs is 2. The first-order valence-corrected chi connectivity index (χ1v) is 10.3. The number of aliphatic imine (C=N–C) groups is 1. The molecule has 146 valence electrons. The van der Waals surface area contributed by atoms with E-state index in [-0.39, 0.29) is 6.10 Å². The van der Waals surface area contributed by atoms with Gasteiger partial charge in [-0.25, -0.2) is 0 Å². The van der Waals surface area contributed by atoms with E-state index in [1.165, 1.54) is 29.0 Å². The maximum absolute atomic E-state index is 9.58. The van der Waals surface area contributed by atoms with Gasteiger partial charge in [-0.3, -0.25) is 0 Å². The molecular weight excluding hydrogens is 352 g/mol. The molecule has 0 bridgehead atoms. The molecule has 2 N–H and O–H groups in total. The van der Waals surface area contributed by atoms with Crippen LogP contribution in [0.2, 0.25) is 0 Å². The van der Waals surface area contributed by atoms with Crippen LogP contribution in [0.1, 0.15) is 37.7 Å². The lowest BCUT2D eigenvalue weighted by Gasteiger charge is -2.20. The molecule has 0 amide bonds. The van der Waals surface area contributed by atoms with Gasteiger partial charge in [0, 0.05) is 36.8 Å². The number of quaternary nitrogens is 1. The number of nitrogens with one attached hydrogen (secondary N) is 1. The van der Waals surface area contributed by atoms with Crippen LogP contribution in [0.5, 0.6) is 5.75 Å². The van der Waals surface area contributed by atoms with E-state index in [2.05, 4.69) is 34.3 Å². The summed E-state index contributed by atoms with van der Waals surface area (Å²) >= 11 is 0. The van der Waals surface area contributed by atoms with Crippen LogP contribution in [0.4, 0.5) is 0 Å². The summed E-state index contributed by atoms with van der Waals surface area (Å²) in [6, 6.07) is 8.42. The van der Waals surface area contributed by atoms with E-state index in [0.29, 0.717) is 6.61 Å². The van der Waals surface area contributed by atoms with Crippen LogP contribution in [0.15, 0.2) is 51.8 Å². The van der Waals surface area contributed by atoms with Gasteiger partial charge in [0.1, 0.15) is 5.75 Å². The van der Waals surface area contributed by atoms with Crippen LogP contribution in [0, 0.1) is 0 Å². The molecule has 6 heteroatoms. The van der Waals surface area contributed by atoms with Crippen molar-refractivity contribution < 1.29 is 14.9 Å². The van der Waals surface area contributed by atoms with E-state index in [4.69, 9.17) is 9.73 Å². The second kappa shape index (κ2) is 7.62. The minimum Gasteiger partial charge on any atom is -0.494 e. The third kappa shape index (κ3) is 3.43. The van der Waals surface area contributed by atoms with Crippen molar-refractivity contribution in [2.45, 2.75) is 38.2 Å². The number of hydrogen-bond acceptors (Lipinski definition) is 5. The number of β-amino-alcohol motifs (C(OH)–C–C–N with tert-alkyl or cyclic N) is 1. The Morgan fingerprint density at radius 3 is 2.93 bits per heavy atom. The van der Waals surface area contributed by atoms with E-state index in [1.807, 2.05) is 12.3 Å². The van der Waals surface area contributed by atoms with Crippen molar-refractivity contribution in [2.24, 2.45) is 10.1 Å². The quantitative estimate of drug-likeness (QED) is 0.738. The predicted octanol–water partition coefficient (Wildman–Crippen LogP) is 1.60. The molecular formula is C22H27N4O2+. The zero-order valence-corrected chi connectivity index (χ0v) is 16.1. The number of likely N-dealkylation sites (tertiary alicyclic amines) is 1. The molecule has 4 aliphatic rings. The van der Waals surface area contributed by atoms with Crippen molar-refractivity contribution in [3.8, 4) is 5.75 Å². The van der Waals surface area contributed by atoms with Crippen molar-refractivity contribution >= 4 is 17.6 Å². The molecule has 6 nitrogen and oxygen atoms in total. The zero-order valence-electron chi connectivity index (χ0n) is 16.1. The minimum atomic E-state index is -0.147. The Morgan fingerprint density at radius 1 is 1.21 bits per heavy atom. The number of aliphatic hydroxyl groups excluding tert-OH is 1. The van der Waals surface area contributed by atoms with Crippen LogP contribution >= 0.6 is 0 Å². The summed E-state index contributed by atoms with van der Waals surface area (Å²) in [6.45, 7) is 3.48. The molecule has 0 radical (unpaired) electrons. The van der Waals surface area contributed by atoms with Gasteiger partial charge in [-0.15, -0.1) is 5.01 Å². The van der Waals surface area contributed by atoms with Crippen LogP contribution in [0.3, 0.4) is 0 Å². The first-order chi connectivity index (χ1) is 13.8. The van der Waals surface area contributed by atoms with Crippen molar-refractivity contribution in [1.29, 1.82) is 0 Å². The van der Waals surface area contributed by atoms with Crippen molar-refractivity contribution in [1.82, 2.24) is 4.90 Å². The summed E-state index contributed by atoms with van der Waals surface area (Å²) in [5, 5.41) is 15.2. The topological polar surface area (TPSA) is 61.9 Å². The summed E-state index contributed by atoms with van der Waals surface area (Å²) in [6.07, 6.45) is 8.92. The molecule has 1 saturated carbocycles. The van der Waals surface area contributed by atoms with Gasteiger partial charge in [0.25, 0.3) is 5.82 Å². The minimum absolute atomic E-state index is 0.147. The Hall–Kier alpha value is -2.28. The normalized spacial score (nSPS) is 26.3. The zero-order chi connectivity index (χ0) is 18.9. The third-order valence-electron chi connectivity index (χ3n) is 5.94. The van der Waals surface area contributed by atoms with Crippen molar-refractivity contribution in [3.05, 3.63) is 47.3 Å². The second-order valence-electron chi connectivity index (χ2n) is 7.91. The molecule has 1 saturated heterocycles. The lowest BCUT2D eigenvalue weighted by Crippen LogP contribution is -3.02. The maximum Gasteiger partial charge on any atom is 0.259 e. The Bertz CT molecular complexity index is 869. The number of hydrogen-bond donors (Lipinski definition) is 2. The SMILES string of the molecule is OC1CCN(CCCOc2ccc(C3=C4CCCC4=NC4=CC=N[NH+]43)cc2)C1. The van der Waals surface area contributed by atoms with Gasteiger partial charge in [-0.2, -0.15) is 4.99 Å². The van der Waals surface area contributed by atoms with Gasteiger partial charge in [0.2, 0.25) is 0 Å². The lowest BCUT2D eigenvalue weighted by atomic mass is 10.0. The molecule has 2 unspecified atom stereocenters. The first-order valence-electron chi connectivity index (χ1n) is 10.3. The monoisotopic (exact) mass is 379 g/mol. The van der Waals surface area contributed by atoms with E-state index in [9.17, 15) is 5.11 Å². The van der Waals surface area contributed by atoms with Gasteiger partial charge in [-0.1, -0.05) is 5.10 Å². The fourth-order valence-corrected chi connectivity index (χ4v) is 4.54. The highest BCUT2D eigenvalue weighted by Crippen LogP contribution is 2.31. The molecule has 28 heavy (non-hydrogen) atoms. The van der Waals surface area contributed by atoms with Gasteiger partial charge in [0.15, 0.2) is 5.70 Å². The summed E-state index contributed by atoms with van der Waals surface area (Å²) in [4.78, 5) is 7.10. The maximum atomic E-state index is 9.58. The second-order valence-corrected chi connectivity index (χ2v) is 7.91. The Kier molecular flexibility index (Phi) is 4.84. The fraction of sp³-hybridized carbons (Fsp3) is 0.455. The smallest absolute Gasteiger partial charge is 0.259 e. The summed E-state index contributed by atoms with van der Waals surface area (Å²) < 4.78 is 5.93. The average Bonchev–Trinajstić information content (AvgIpc) is 3.44. The van der Waals surface area contributed by atoms with E-state index < -0.39 is 0 Å². The molecule has 0 aromatic heterocycles. The van der Waals surface area contributed by atoms with E-state index >= 15 is 0 Å². The number of benzene rings is 1. The van der Waals surface area contributed by atoms with Gasteiger partial charge in [-0.05, 0) is 56.4 Å². The third-order valence-corrected chi connectivity index (χ3v) is 5.94. The highest BCUT2D eigenvalue weighted by Gasteiger charge is 2.36. The Labute approximate surface area is 165 Å². The highest BCUT2D eigenvalue weighted by atomic mass is 16.5. The molecule has 2 fully saturated rings. The van der Waals surface area contributed by atoms with Crippen LogP contribution < -0.4 is 9.75 Å².